The van der Waals surface area contributed by atoms with E-state index in [0.717, 1.165) is 5.56 Å². The Morgan fingerprint density at radius 2 is 1.83 bits per heavy atom. The Morgan fingerprint density at radius 3 is 2.39 bits per heavy atom. The van der Waals surface area contributed by atoms with Gasteiger partial charge in [-0.25, -0.2) is 4.79 Å². The lowest BCUT2D eigenvalue weighted by molar-refractivity contribution is -0.147. The number of carboxylic acid groups (broad SMARTS) is 1. The molecule has 0 radical (unpaired) electrons. The molecule has 0 spiro atoms. The minimum Gasteiger partial charge on any atom is -0.479 e. The van der Waals surface area contributed by atoms with Crippen molar-refractivity contribution >= 4 is 11.9 Å². The van der Waals surface area contributed by atoms with Gasteiger partial charge in [-0.15, -0.1) is 0 Å². The lowest BCUT2D eigenvalue weighted by atomic mass is 10.1. The lowest BCUT2D eigenvalue weighted by Gasteiger charge is -2.18. The smallest absolute Gasteiger partial charge is 0.338 e. The van der Waals surface area contributed by atoms with Crippen molar-refractivity contribution in [3.8, 4) is 0 Å². The Balaban J connectivity index is 2.33. The van der Waals surface area contributed by atoms with E-state index < -0.39 is 17.6 Å². The standard InChI is InChI=1S/C12H16N2O4/c13-12(14,11(16)17)7-6-10(15)18-8-9-4-2-1-3-5-9/h1-5H,6-8,13-14H2,(H,16,17). The summed E-state index contributed by atoms with van der Waals surface area (Å²) in [4.78, 5) is 22.0. The lowest BCUT2D eigenvalue weighted by Crippen LogP contribution is -2.56. The third-order valence-corrected chi connectivity index (χ3v) is 2.38. The van der Waals surface area contributed by atoms with Gasteiger partial charge in [-0.2, -0.15) is 0 Å². The molecule has 0 saturated carbocycles. The van der Waals surface area contributed by atoms with E-state index in [9.17, 15) is 9.59 Å². The maximum absolute atomic E-state index is 11.4. The summed E-state index contributed by atoms with van der Waals surface area (Å²) < 4.78 is 4.96. The Kier molecular flexibility index (Phi) is 4.82. The number of ether oxygens (including phenoxy) is 1. The minimum absolute atomic E-state index is 0.133. The number of nitrogens with two attached hydrogens (primary N) is 2. The summed E-state index contributed by atoms with van der Waals surface area (Å²) in [5, 5.41) is 8.66. The topological polar surface area (TPSA) is 116 Å². The van der Waals surface area contributed by atoms with Gasteiger partial charge in [0.15, 0.2) is 5.66 Å². The first-order valence-corrected chi connectivity index (χ1v) is 5.42. The van der Waals surface area contributed by atoms with E-state index in [2.05, 4.69) is 0 Å². The first-order chi connectivity index (χ1) is 8.42. The Labute approximate surface area is 105 Å². The SMILES string of the molecule is NC(N)(CCC(=O)OCc1ccccc1)C(=O)O. The van der Waals surface area contributed by atoms with E-state index in [1.54, 1.807) is 0 Å². The molecule has 6 nitrogen and oxygen atoms in total. The summed E-state index contributed by atoms with van der Waals surface area (Å²) >= 11 is 0. The molecular formula is C12H16N2O4. The van der Waals surface area contributed by atoms with E-state index >= 15 is 0 Å². The van der Waals surface area contributed by atoms with Gasteiger partial charge < -0.3 is 21.3 Å². The predicted octanol–water partition coefficient (Wildman–Crippen LogP) is 0.208. The highest BCUT2D eigenvalue weighted by Crippen LogP contribution is 2.06. The number of rotatable bonds is 6. The molecule has 0 atom stereocenters. The van der Waals surface area contributed by atoms with Gasteiger partial charge in [0.05, 0.1) is 0 Å². The number of hydrogen-bond acceptors (Lipinski definition) is 5. The van der Waals surface area contributed by atoms with Crippen LogP contribution in [-0.4, -0.2) is 22.7 Å². The van der Waals surface area contributed by atoms with Gasteiger partial charge in [-0.3, -0.25) is 4.79 Å². The fraction of sp³-hybridized carbons (Fsp3) is 0.333. The molecule has 98 valence electrons. The van der Waals surface area contributed by atoms with Gasteiger partial charge in [0.2, 0.25) is 0 Å². The van der Waals surface area contributed by atoms with Crippen LogP contribution in [0.1, 0.15) is 18.4 Å². The Hall–Kier alpha value is -1.92. The molecule has 0 bridgehead atoms. The number of hydrogen-bond donors (Lipinski definition) is 3. The largest absolute Gasteiger partial charge is 0.479 e. The molecule has 1 rings (SSSR count). The number of carbonyl (C=O) groups is 2. The second kappa shape index (κ2) is 6.13. The van der Waals surface area contributed by atoms with Crippen LogP contribution in [0.5, 0.6) is 0 Å². The first kappa shape index (κ1) is 14.1. The molecule has 5 N–H and O–H groups in total. The average Bonchev–Trinajstić information content (AvgIpc) is 2.35. The summed E-state index contributed by atoms with van der Waals surface area (Å²) in [6.07, 6.45) is -0.303. The fourth-order valence-electron chi connectivity index (χ4n) is 1.23. The molecule has 0 aliphatic carbocycles. The predicted molar refractivity (Wildman–Crippen MR) is 64.2 cm³/mol. The van der Waals surface area contributed by atoms with Crippen molar-refractivity contribution in [3.63, 3.8) is 0 Å². The van der Waals surface area contributed by atoms with E-state index in [1.165, 1.54) is 0 Å². The Morgan fingerprint density at radius 1 is 1.22 bits per heavy atom. The highest BCUT2D eigenvalue weighted by atomic mass is 16.5. The molecule has 0 unspecified atom stereocenters. The van der Waals surface area contributed by atoms with Crippen LogP contribution in [-0.2, 0) is 20.9 Å². The van der Waals surface area contributed by atoms with Gasteiger partial charge in [0.25, 0.3) is 0 Å². The van der Waals surface area contributed by atoms with Crippen LogP contribution >= 0.6 is 0 Å². The number of carbonyl (C=O) groups excluding carboxylic acids is 1. The maximum Gasteiger partial charge on any atom is 0.338 e. The van der Waals surface area contributed by atoms with Crippen LogP contribution in [0.15, 0.2) is 30.3 Å². The zero-order valence-electron chi connectivity index (χ0n) is 9.83. The second-order valence-corrected chi connectivity index (χ2v) is 3.99. The Bertz CT molecular complexity index is 417. The second-order valence-electron chi connectivity index (χ2n) is 3.99. The quantitative estimate of drug-likeness (QED) is 0.492. The normalized spacial score (nSPS) is 11.0. The van der Waals surface area contributed by atoms with Crippen molar-refractivity contribution in [2.75, 3.05) is 0 Å². The number of aliphatic carboxylic acids is 1. The summed E-state index contributed by atoms with van der Waals surface area (Å²) in [6, 6.07) is 9.16. The van der Waals surface area contributed by atoms with Crippen molar-refractivity contribution < 1.29 is 19.4 Å². The van der Waals surface area contributed by atoms with Gasteiger partial charge in [-0.1, -0.05) is 30.3 Å². The molecule has 0 saturated heterocycles. The third-order valence-electron chi connectivity index (χ3n) is 2.38. The van der Waals surface area contributed by atoms with Crippen molar-refractivity contribution in [2.45, 2.75) is 25.1 Å². The van der Waals surface area contributed by atoms with Crippen molar-refractivity contribution in [3.05, 3.63) is 35.9 Å². The molecule has 18 heavy (non-hydrogen) atoms. The molecule has 1 aromatic carbocycles. The molecule has 1 aromatic rings. The highest BCUT2D eigenvalue weighted by molar-refractivity contribution is 5.78. The van der Waals surface area contributed by atoms with E-state index in [0.29, 0.717) is 0 Å². The molecule has 0 amide bonds. The maximum atomic E-state index is 11.4. The van der Waals surface area contributed by atoms with Gasteiger partial charge >= 0.3 is 11.9 Å². The van der Waals surface area contributed by atoms with E-state index in [1.807, 2.05) is 30.3 Å². The average molecular weight is 252 g/mol. The van der Waals surface area contributed by atoms with Crippen LogP contribution in [0.25, 0.3) is 0 Å². The molecule has 0 aromatic heterocycles. The highest BCUT2D eigenvalue weighted by Gasteiger charge is 2.29. The van der Waals surface area contributed by atoms with Crippen molar-refractivity contribution in [2.24, 2.45) is 11.5 Å². The fourth-order valence-corrected chi connectivity index (χ4v) is 1.23. The molecule has 0 heterocycles. The number of benzene rings is 1. The van der Waals surface area contributed by atoms with Crippen molar-refractivity contribution in [1.29, 1.82) is 0 Å². The van der Waals surface area contributed by atoms with Crippen LogP contribution in [0.4, 0.5) is 0 Å². The summed E-state index contributed by atoms with van der Waals surface area (Å²) in [5.41, 5.74) is 9.53. The number of esters is 1. The van der Waals surface area contributed by atoms with Crippen LogP contribution in [0.2, 0.25) is 0 Å². The molecular weight excluding hydrogens is 236 g/mol. The van der Waals surface area contributed by atoms with Crippen LogP contribution < -0.4 is 11.5 Å². The molecule has 0 aliphatic heterocycles. The third kappa shape index (κ3) is 4.52. The summed E-state index contributed by atoms with van der Waals surface area (Å²) in [5.74, 6) is -1.88. The van der Waals surface area contributed by atoms with Crippen LogP contribution in [0, 0.1) is 0 Å². The minimum atomic E-state index is -1.90. The van der Waals surface area contributed by atoms with E-state index in [-0.39, 0.29) is 19.4 Å². The van der Waals surface area contributed by atoms with E-state index in [4.69, 9.17) is 21.3 Å². The number of carboxylic acids is 1. The molecule has 6 heteroatoms. The first-order valence-electron chi connectivity index (χ1n) is 5.42. The molecule has 0 aliphatic rings. The molecule has 0 fully saturated rings. The summed E-state index contributed by atoms with van der Waals surface area (Å²) in [7, 11) is 0. The van der Waals surface area contributed by atoms with Gasteiger partial charge in [0.1, 0.15) is 6.61 Å². The monoisotopic (exact) mass is 252 g/mol. The van der Waals surface area contributed by atoms with Gasteiger partial charge in [0, 0.05) is 6.42 Å². The van der Waals surface area contributed by atoms with Gasteiger partial charge in [-0.05, 0) is 12.0 Å². The zero-order chi connectivity index (χ0) is 13.6. The summed E-state index contributed by atoms with van der Waals surface area (Å²) in [6.45, 7) is 0.148. The zero-order valence-corrected chi connectivity index (χ0v) is 9.83. The van der Waals surface area contributed by atoms with Crippen LogP contribution in [0.3, 0.4) is 0 Å². The van der Waals surface area contributed by atoms with Crippen molar-refractivity contribution in [1.82, 2.24) is 0 Å².